The molecule has 0 aliphatic heterocycles. The van der Waals surface area contributed by atoms with Crippen LogP contribution in [0, 0.1) is 5.82 Å². The highest BCUT2D eigenvalue weighted by molar-refractivity contribution is 5.92. The van der Waals surface area contributed by atoms with E-state index in [0.717, 1.165) is 35.2 Å². The fourth-order valence-electron chi connectivity index (χ4n) is 3.47. The Morgan fingerprint density at radius 2 is 1.72 bits per heavy atom. The van der Waals surface area contributed by atoms with Crippen LogP contribution in [0.1, 0.15) is 11.1 Å². The van der Waals surface area contributed by atoms with Crippen LogP contribution in [0.5, 0.6) is 0 Å². The summed E-state index contributed by atoms with van der Waals surface area (Å²) in [5.41, 5.74) is 4.62. The van der Waals surface area contributed by atoms with Gasteiger partial charge in [-0.15, -0.1) is 0 Å². The van der Waals surface area contributed by atoms with Crippen molar-refractivity contribution in [3.8, 4) is 11.1 Å². The third-order valence-electron chi connectivity index (χ3n) is 4.93. The lowest BCUT2D eigenvalue weighted by Gasteiger charge is -2.12. The largest absolute Gasteiger partial charge is 0.380 e. The van der Waals surface area contributed by atoms with Crippen LogP contribution in [0.4, 0.5) is 10.2 Å². The van der Waals surface area contributed by atoms with Crippen molar-refractivity contribution in [2.45, 2.75) is 13.0 Å². The zero-order valence-electron chi connectivity index (χ0n) is 16.2. The molecule has 4 nitrogen and oxygen atoms in total. The standard InChI is InChI=1S/C24H22FN3O/c1-29-15-19-7-3-2-6-17(19)12-13-26-24-21-14-18(10-11-23(21)27-16-28-24)20-8-4-5-9-22(20)25/h2-11,14,16H,12-13,15H2,1H3,(H,26,27,28). The average Bonchev–Trinajstić information content (AvgIpc) is 2.75. The summed E-state index contributed by atoms with van der Waals surface area (Å²) in [6.07, 6.45) is 2.39. The smallest absolute Gasteiger partial charge is 0.137 e. The number of rotatable bonds is 7. The lowest BCUT2D eigenvalue weighted by molar-refractivity contribution is 0.184. The molecule has 0 fully saturated rings. The van der Waals surface area contributed by atoms with Gasteiger partial charge in [0.05, 0.1) is 12.1 Å². The minimum Gasteiger partial charge on any atom is -0.380 e. The van der Waals surface area contributed by atoms with Crippen molar-refractivity contribution < 1.29 is 9.13 Å². The molecular formula is C24H22FN3O. The number of nitrogens with zero attached hydrogens (tertiary/aromatic N) is 2. The molecule has 5 heteroatoms. The highest BCUT2D eigenvalue weighted by atomic mass is 19.1. The quantitative estimate of drug-likeness (QED) is 0.471. The van der Waals surface area contributed by atoms with Gasteiger partial charge in [0.25, 0.3) is 0 Å². The summed E-state index contributed by atoms with van der Waals surface area (Å²) in [5, 5.41) is 4.29. The van der Waals surface area contributed by atoms with Gasteiger partial charge >= 0.3 is 0 Å². The summed E-state index contributed by atoms with van der Waals surface area (Å²) in [6, 6.07) is 20.8. The maximum atomic E-state index is 14.2. The van der Waals surface area contributed by atoms with Gasteiger partial charge in [0.15, 0.2) is 0 Å². The first-order chi connectivity index (χ1) is 14.3. The Labute approximate surface area is 169 Å². The number of hydrogen-bond donors (Lipinski definition) is 1. The van der Waals surface area contributed by atoms with Gasteiger partial charge < -0.3 is 10.1 Å². The lowest BCUT2D eigenvalue weighted by Crippen LogP contribution is -2.09. The third-order valence-corrected chi connectivity index (χ3v) is 4.93. The predicted octanol–water partition coefficient (Wildman–Crippen LogP) is 5.24. The fourth-order valence-corrected chi connectivity index (χ4v) is 3.47. The topological polar surface area (TPSA) is 47.0 Å². The number of nitrogens with one attached hydrogen (secondary N) is 1. The summed E-state index contributed by atoms with van der Waals surface area (Å²) in [6.45, 7) is 1.31. The van der Waals surface area contributed by atoms with Crippen LogP contribution < -0.4 is 5.32 Å². The van der Waals surface area contributed by atoms with E-state index in [2.05, 4.69) is 27.4 Å². The van der Waals surface area contributed by atoms with Crippen molar-refractivity contribution in [2.24, 2.45) is 0 Å². The highest BCUT2D eigenvalue weighted by Crippen LogP contribution is 2.28. The first kappa shape index (κ1) is 19.0. The lowest BCUT2D eigenvalue weighted by atomic mass is 10.0. The van der Waals surface area contributed by atoms with E-state index in [1.807, 2.05) is 36.4 Å². The monoisotopic (exact) mass is 387 g/mol. The molecular weight excluding hydrogens is 365 g/mol. The molecule has 0 saturated heterocycles. The molecule has 146 valence electrons. The van der Waals surface area contributed by atoms with Crippen molar-refractivity contribution in [1.29, 1.82) is 0 Å². The molecule has 3 aromatic carbocycles. The SMILES string of the molecule is COCc1ccccc1CCNc1ncnc2ccc(-c3ccccc3F)cc12. The van der Waals surface area contributed by atoms with Gasteiger partial charge in [0.1, 0.15) is 18.0 Å². The van der Waals surface area contributed by atoms with Crippen LogP contribution >= 0.6 is 0 Å². The number of benzene rings is 3. The Kier molecular flexibility index (Phi) is 5.77. The molecule has 1 aromatic heterocycles. The summed E-state index contributed by atoms with van der Waals surface area (Å²) in [5.74, 6) is 0.505. The molecule has 0 atom stereocenters. The van der Waals surface area contributed by atoms with E-state index in [4.69, 9.17) is 4.74 Å². The Bertz CT molecular complexity index is 1130. The van der Waals surface area contributed by atoms with E-state index < -0.39 is 0 Å². The molecule has 0 bridgehead atoms. The van der Waals surface area contributed by atoms with Crippen molar-refractivity contribution in [1.82, 2.24) is 9.97 Å². The molecule has 0 amide bonds. The molecule has 0 radical (unpaired) electrons. The van der Waals surface area contributed by atoms with Crippen LogP contribution in [0.3, 0.4) is 0 Å². The number of aromatic nitrogens is 2. The zero-order valence-corrected chi connectivity index (χ0v) is 16.2. The molecule has 0 spiro atoms. The van der Waals surface area contributed by atoms with Crippen molar-refractivity contribution in [3.05, 3.63) is 90.0 Å². The van der Waals surface area contributed by atoms with Crippen LogP contribution in [0.15, 0.2) is 73.1 Å². The van der Waals surface area contributed by atoms with E-state index in [9.17, 15) is 4.39 Å². The molecule has 0 aliphatic rings. The van der Waals surface area contributed by atoms with Crippen LogP contribution in [0.25, 0.3) is 22.0 Å². The Hall–Kier alpha value is -3.31. The van der Waals surface area contributed by atoms with Gasteiger partial charge in [-0.2, -0.15) is 0 Å². The molecule has 0 unspecified atom stereocenters. The van der Waals surface area contributed by atoms with Crippen molar-refractivity contribution in [2.75, 3.05) is 19.0 Å². The number of methoxy groups -OCH3 is 1. The first-order valence-corrected chi connectivity index (χ1v) is 9.55. The Morgan fingerprint density at radius 3 is 2.55 bits per heavy atom. The van der Waals surface area contributed by atoms with Crippen LogP contribution in [-0.2, 0) is 17.8 Å². The van der Waals surface area contributed by atoms with E-state index in [1.54, 1.807) is 25.6 Å². The van der Waals surface area contributed by atoms with Gasteiger partial charge in [0, 0.05) is 24.6 Å². The van der Waals surface area contributed by atoms with Crippen LogP contribution in [-0.4, -0.2) is 23.6 Å². The number of hydrogen-bond acceptors (Lipinski definition) is 4. The number of anilines is 1. The van der Waals surface area contributed by atoms with E-state index >= 15 is 0 Å². The zero-order chi connectivity index (χ0) is 20.1. The predicted molar refractivity (Wildman–Crippen MR) is 114 cm³/mol. The minimum atomic E-state index is -0.243. The van der Waals surface area contributed by atoms with Crippen molar-refractivity contribution in [3.63, 3.8) is 0 Å². The summed E-state index contributed by atoms with van der Waals surface area (Å²) in [4.78, 5) is 8.76. The van der Waals surface area contributed by atoms with Gasteiger partial charge in [-0.05, 0) is 41.3 Å². The number of fused-ring (bicyclic) bond motifs is 1. The molecule has 1 N–H and O–H groups in total. The highest BCUT2D eigenvalue weighted by Gasteiger charge is 2.09. The third kappa shape index (κ3) is 4.25. The second kappa shape index (κ2) is 8.80. The first-order valence-electron chi connectivity index (χ1n) is 9.55. The fraction of sp³-hybridized carbons (Fsp3) is 0.167. The van der Waals surface area contributed by atoms with Gasteiger partial charge in [-0.25, -0.2) is 14.4 Å². The normalized spacial score (nSPS) is 11.0. The molecule has 1 heterocycles. The molecule has 4 aromatic rings. The second-order valence-electron chi connectivity index (χ2n) is 6.81. The second-order valence-corrected chi connectivity index (χ2v) is 6.81. The Balaban J connectivity index is 1.58. The van der Waals surface area contributed by atoms with E-state index in [-0.39, 0.29) is 5.82 Å². The van der Waals surface area contributed by atoms with E-state index in [0.29, 0.717) is 12.2 Å². The van der Waals surface area contributed by atoms with Gasteiger partial charge in [-0.1, -0.05) is 48.5 Å². The average molecular weight is 387 g/mol. The minimum absolute atomic E-state index is 0.243. The van der Waals surface area contributed by atoms with E-state index in [1.165, 1.54) is 17.2 Å². The maximum Gasteiger partial charge on any atom is 0.137 e. The Morgan fingerprint density at radius 1 is 0.931 bits per heavy atom. The summed E-state index contributed by atoms with van der Waals surface area (Å²) in [7, 11) is 1.70. The van der Waals surface area contributed by atoms with Crippen LogP contribution in [0.2, 0.25) is 0 Å². The number of ether oxygens (including phenoxy) is 1. The molecule has 29 heavy (non-hydrogen) atoms. The van der Waals surface area contributed by atoms with Crippen molar-refractivity contribution >= 4 is 16.7 Å². The number of halogens is 1. The molecule has 0 saturated carbocycles. The van der Waals surface area contributed by atoms with Gasteiger partial charge in [-0.3, -0.25) is 0 Å². The van der Waals surface area contributed by atoms with Gasteiger partial charge in [0.2, 0.25) is 0 Å². The summed E-state index contributed by atoms with van der Waals surface area (Å²) < 4.78 is 19.5. The maximum absolute atomic E-state index is 14.2. The summed E-state index contributed by atoms with van der Waals surface area (Å²) >= 11 is 0. The molecule has 0 aliphatic carbocycles. The molecule has 4 rings (SSSR count).